The van der Waals surface area contributed by atoms with Gasteiger partial charge in [0.2, 0.25) is 0 Å². The minimum atomic E-state index is 0. The molecule has 2 rings (SSSR count). The molecule has 112 valence electrons. The summed E-state index contributed by atoms with van der Waals surface area (Å²) in [6.07, 6.45) is 1.81. The third-order valence-electron chi connectivity index (χ3n) is 1.51. The van der Waals surface area contributed by atoms with Gasteiger partial charge in [-0.05, 0) is 12.1 Å². The second-order valence-electron chi connectivity index (χ2n) is 2.20. The predicted molar refractivity (Wildman–Crippen MR) is 95.6 cm³/mol. The predicted octanol–water partition coefficient (Wildman–Crippen LogP) is 7.32. The molecular formula is C17H39N. The van der Waals surface area contributed by atoms with E-state index in [4.69, 9.17) is 0 Å². The van der Waals surface area contributed by atoms with Gasteiger partial charge in [0.05, 0.1) is 5.52 Å². The van der Waals surface area contributed by atoms with Crippen molar-refractivity contribution in [1.82, 2.24) is 4.98 Å². The van der Waals surface area contributed by atoms with Gasteiger partial charge in [0, 0.05) is 11.6 Å². The van der Waals surface area contributed by atoms with Crippen molar-refractivity contribution in [2.45, 2.75) is 59.4 Å². The number of pyridine rings is 1. The zero-order valence-corrected chi connectivity index (χ0v) is 5.49. The molecule has 0 spiro atoms. The number of nitrogens with zero attached hydrogens (tertiary/aromatic N) is 1. The van der Waals surface area contributed by atoms with Crippen LogP contribution in [0.25, 0.3) is 10.9 Å². The van der Waals surface area contributed by atoms with E-state index in [1.807, 2.05) is 30.5 Å². The fraction of sp³-hybridized carbons (Fsp3) is 0.471. The van der Waals surface area contributed by atoms with Crippen molar-refractivity contribution >= 4 is 10.9 Å². The Kier molecular flexibility index (Phi) is 51.0. The molecule has 0 saturated heterocycles. The van der Waals surface area contributed by atoms with Crippen LogP contribution < -0.4 is 0 Å². The molecule has 1 heterocycles. The summed E-state index contributed by atoms with van der Waals surface area (Å²) >= 11 is 0. The molecule has 2 aromatic rings. The van der Waals surface area contributed by atoms with Crippen LogP contribution in [0.2, 0.25) is 0 Å². The van der Waals surface area contributed by atoms with Gasteiger partial charge in [0.25, 0.3) is 0 Å². The van der Waals surface area contributed by atoms with Gasteiger partial charge in [0.1, 0.15) is 0 Å². The zero-order chi connectivity index (χ0) is 6.81. The van der Waals surface area contributed by atoms with Gasteiger partial charge >= 0.3 is 0 Å². The second kappa shape index (κ2) is 21.0. The number of aromatic nitrogens is 1. The quantitative estimate of drug-likeness (QED) is 0.481. The molecule has 1 heteroatoms. The molecule has 0 amide bonds. The Morgan fingerprint density at radius 3 is 1.50 bits per heavy atom. The van der Waals surface area contributed by atoms with Gasteiger partial charge in [0.15, 0.2) is 0 Å². The van der Waals surface area contributed by atoms with Gasteiger partial charge < -0.3 is 0 Å². The van der Waals surface area contributed by atoms with E-state index >= 15 is 0 Å². The fourth-order valence-electron chi connectivity index (χ4n) is 1.02. The van der Waals surface area contributed by atoms with E-state index in [9.17, 15) is 0 Å². The van der Waals surface area contributed by atoms with Crippen molar-refractivity contribution in [3.63, 3.8) is 0 Å². The highest BCUT2D eigenvalue weighted by atomic mass is 14.6. The first kappa shape index (κ1) is 43.8. The van der Waals surface area contributed by atoms with Crippen LogP contribution in [0.1, 0.15) is 59.4 Å². The molecule has 0 aliphatic rings. The molecule has 0 atom stereocenters. The lowest BCUT2D eigenvalue weighted by Gasteiger charge is -1.91. The minimum absolute atomic E-state index is 0. The molecule has 1 aromatic carbocycles. The summed E-state index contributed by atoms with van der Waals surface area (Å²) in [5.41, 5.74) is 1.06. The summed E-state index contributed by atoms with van der Waals surface area (Å²) in [5.74, 6) is 0. The molecule has 0 radical (unpaired) electrons. The zero-order valence-electron chi connectivity index (χ0n) is 5.49. The smallest absolute Gasteiger partial charge is 0.0701 e. The van der Waals surface area contributed by atoms with Crippen molar-refractivity contribution in [3.8, 4) is 0 Å². The van der Waals surface area contributed by atoms with E-state index in [1.165, 1.54) is 5.39 Å². The molecule has 0 aliphatic heterocycles. The van der Waals surface area contributed by atoms with Crippen LogP contribution in [0.5, 0.6) is 0 Å². The maximum Gasteiger partial charge on any atom is 0.0701 e. The Bertz CT molecular complexity index is 277. The van der Waals surface area contributed by atoms with Crippen LogP contribution in [-0.2, 0) is 0 Å². The Hall–Kier alpha value is -1.37. The highest BCUT2D eigenvalue weighted by molar-refractivity contribution is 5.77. The van der Waals surface area contributed by atoms with Crippen molar-refractivity contribution in [2.75, 3.05) is 0 Å². The summed E-state index contributed by atoms with van der Waals surface area (Å²) < 4.78 is 0. The van der Waals surface area contributed by atoms with E-state index in [0.717, 1.165) is 5.52 Å². The van der Waals surface area contributed by atoms with Crippen molar-refractivity contribution in [1.29, 1.82) is 0 Å². The maximum atomic E-state index is 4.18. The molecule has 0 unspecified atom stereocenters. The van der Waals surface area contributed by atoms with Gasteiger partial charge in [-0.2, -0.15) is 0 Å². The highest BCUT2D eigenvalue weighted by Gasteiger charge is 1.86. The van der Waals surface area contributed by atoms with Crippen molar-refractivity contribution in [3.05, 3.63) is 42.6 Å². The fourth-order valence-corrected chi connectivity index (χ4v) is 1.02. The van der Waals surface area contributed by atoms with E-state index < -0.39 is 0 Å². The summed E-state index contributed by atoms with van der Waals surface area (Å²) in [6.45, 7) is 0. The molecule has 0 fully saturated rings. The molecule has 1 aromatic heterocycles. The summed E-state index contributed by atoms with van der Waals surface area (Å²) in [7, 11) is 0. The van der Waals surface area contributed by atoms with Crippen LogP contribution in [0, 0.1) is 0 Å². The first-order valence-corrected chi connectivity index (χ1v) is 3.26. The highest BCUT2D eigenvalue weighted by Crippen LogP contribution is 2.07. The van der Waals surface area contributed by atoms with Crippen molar-refractivity contribution < 1.29 is 0 Å². The van der Waals surface area contributed by atoms with Crippen molar-refractivity contribution in [2.24, 2.45) is 0 Å². The Balaban J connectivity index is -0.0000000302. The SMILES string of the molecule is C.C.C.C.C.C.C.C.c1ccc2ncccc2c1. The summed E-state index contributed by atoms with van der Waals surface area (Å²) in [6, 6.07) is 12.1. The van der Waals surface area contributed by atoms with E-state index in [2.05, 4.69) is 17.1 Å². The second-order valence-corrected chi connectivity index (χ2v) is 2.20. The molecule has 18 heavy (non-hydrogen) atoms. The molecular weight excluding hydrogens is 218 g/mol. The lowest BCUT2D eigenvalue weighted by Crippen LogP contribution is -1.73. The number of hydrogen-bond acceptors (Lipinski definition) is 1. The third kappa shape index (κ3) is 9.83. The van der Waals surface area contributed by atoms with Gasteiger partial charge in [-0.15, -0.1) is 0 Å². The number of hydrogen-bond donors (Lipinski definition) is 0. The number of rotatable bonds is 0. The molecule has 0 saturated carbocycles. The largest absolute Gasteiger partial charge is 0.256 e. The standard InChI is InChI=1S/C9H7N.8CH4/c1-2-6-9-8(4-1)5-3-7-10-9;;;;;;;;/h1-7H;8*1H4. The molecule has 0 bridgehead atoms. The lowest BCUT2D eigenvalue weighted by atomic mass is 10.2. The lowest BCUT2D eigenvalue weighted by molar-refractivity contribution is 1.41. The molecule has 1 nitrogen and oxygen atoms in total. The van der Waals surface area contributed by atoms with Gasteiger partial charge in [-0.1, -0.05) is 83.7 Å². The van der Waals surface area contributed by atoms with Crippen LogP contribution in [0.15, 0.2) is 42.6 Å². The van der Waals surface area contributed by atoms with Gasteiger partial charge in [-0.3, -0.25) is 4.98 Å². The third-order valence-corrected chi connectivity index (χ3v) is 1.51. The van der Waals surface area contributed by atoms with Crippen LogP contribution in [-0.4, -0.2) is 4.98 Å². The molecule has 0 aliphatic carbocycles. The first-order valence-electron chi connectivity index (χ1n) is 3.26. The minimum Gasteiger partial charge on any atom is -0.256 e. The Labute approximate surface area is 118 Å². The van der Waals surface area contributed by atoms with Crippen LogP contribution >= 0.6 is 0 Å². The number of para-hydroxylation sites is 1. The number of fused-ring (bicyclic) bond motifs is 1. The maximum absolute atomic E-state index is 4.18. The van der Waals surface area contributed by atoms with Crippen LogP contribution in [0.3, 0.4) is 0 Å². The summed E-state index contributed by atoms with van der Waals surface area (Å²) in [5, 5.41) is 1.20. The van der Waals surface area contributed by atoms with E-state index in [1.54, 1.807) is 0 Å². The average Bonchev–Trinajstić information content (AvgIpc) is 2.05. The Morgan fingerprint density at radius 1 is 0.556 bits per heavy atom. The average molecular weight is 258 g/mol. The van der Waals surface area contributed by atoms with E-state index in [-0.39, 0.29) is 59.4 Å². The van der Waals surface area contributed by atoms with E-state index in [0.29, 0.717) is 0 Å². The number of benzene rings is 1. The first-order chi connectivity index (χ1) is 4.97. The normalized spacial score (nSPS) is 5.56. The molecule has 0 N–H and O–H groups in total. The summed E-state index contributed by atoms with van der Waals surface area (Å²) in [4.78, 5) is 4.18. The van der Waals surface area contributed by atoms with Crippen LogP contribution in [0.4, 0.5) is 0 Å². The Morgan fingerprint density at radius 2 is 1.00 bits per heavy atom. The monoisotopic (exact) mass is 257 g/mol. The topological polar surface area (TPSA) is 12.9 Å². The van der Waals surface area contributed by atoms with Gasteiger partial charge in [-0.25, -0.2) is 0 Å².